The van der Waals surface area contributed by atoms with E-state index in [-0.39, 0.29) is 12.5 Å². The van der Waals surface area contributed by atoms with E-state index in [2.05, 4.69) is 4.98 Å². The molecule has 0 saturated carbocycles. The van der Waals surface area contributed by atoms with Crippen LogP contribution in [-0.2, 0) is 4.79 Å². The lowest BCUT2D eigenvalue weighted by atomic mass is 10.3. The third kappa shape index (κ3) is 3.69. The number of carbonyl (C=O) groups is 1. The second-order valence-corrected chi connectivity index (χ2v) is 6.95. The van der Waals surface area contributed by atoms with E-state index >= 15 is 0 Å². The van der Waals surface area contributed by atoms with Crippen molar-refractivity contribution >= 4 is 35.1 Å². The number of thioether (sulfide) groups is 1. The highest BCUT2D eigenvalue weighted by Crippen LogP contribution is 2.30. The van der Waals surface area contributed by atoms with Crippen molar-refractivity contribution in [2.75, 3.05) is 18.9 Å². The molecule has 0 N–H and O–H groups in total. The normalized spacial score (nSPS) is 16.2. The Morgan fingerprint density at radius 2 is 2.23 bits per heavy atom. The molecule has 22 heavy (non-hydrogen) atoms. The van der Waals surface area contributed by atoms with Crippen molar-refractivity contribution in [1.82, 2.24) is 9.88 Å². The van der Waals surface area contributed by atoms with Gasteiger partial charge < -0.3 is 9.64 Å². The maximum absolute atomic E-state index is 12.4. The Hall–Kier alpha value is -1.79. The van der Waals surface area contributed by atoms with Gasteiger partial charge >= 0.3 is 0 Å². The molecular formula is C16H16N2O2S2. The van der Waals surface area contributed by atoms with Gasteiger partial charge in [0.15, 0.2) is 6.61 Å². The van der Waals surface area contributed by atoms with Crippen LogP contribution in [0.2, 0.25) is 0 Å². The number of nitrogens with zero attached hydrogens (tertiary/aromatic N) is 2. The highest BCUT2D eigenvalue weighted by molar-refractivity contribution is 8.03. The van der Waals surface area contributed by atoms with E-state index in [1.165, 1.54) is 0 Å². The van der Waals surface area contributed by atoms with Gasteiger partial charge in [0.25, 0.3) is 5.91 Å². The van der Waals surface area contributed by atoms with E-state index in [0.717, 1.165) is 28.0 Å². The van der Waals surface area contributed by atoms with Gasteiger partial charge in [-0.25, -0.2) is 4.98 Å². The summed E-state index contributed by atoms with van der Waals surface area (Å²) in [6.07, 6.45) is 1.97. The number of aromatic nitrogens is 1. The van der Waals surface area contributed by atoms with E-state index in [4.69, 9.17) is 4.74 Å². The molecule has 0 aliphatic carbocycles. The summed E-state index contributed by atoms with van der Waals surface area (Å²) in [5.74, 6) is 1.60. The van der Waals surface area contributed by atoms with Crippen molar-refractivity contribution in [3.05, 3.63) is 51.4 Å². The summed E-state index contributed by atoms with van der Waals surface area (Å²) in [6, 6.07) is 9.40. The Bertz CT molecular complexity index is 682. The first-order chi connectivity index (χ1) is 10.7. The lowest BCUT2D eigenvalue weighted by Crippen LogP contribution is -2.31. The third-order valence-electron chi connectivity index (χ3n) is 3.15. The van der Waals surface area contributed by atoms with Gasteiger partial charge in [-0.1, -0.05) is 18.2 Å². The van der Waals surface area contributed by atoms with Gasteiger partial charge in [-0.15, -0.1) is 23.1 Å². The van der Waals surface area contributed by atoms with Gasteiger partial charge in [-0.3, -0.25) is 4.79 Å². The monoisotopic (exact) mass is 332 g/mol. The molecule has 0 bridgehead atoms. The Morgan fingerprint density at radius 1 is 1.41 bits per heavy atom. The average Bonchev–Trinajstić information content (AvgIpc) is 3.15. The van der Waals surface area contributed by atoms with E-state index in [1.807, 2.05) is 48.7 Å². The first-order valence-corrected chi connectivity index (χ1v) is 8.84. The molecule has 6 heteroatoms. The fraction of sp³-hybridized carbons (Fsp3) is 0.250. The highest BCUT2D eigenvalue weighted by atomic mass is 32.2. The van der Waals surface area contributed by atoms with Gasteiger partial charge in [0.05, 0.1) is 15.7 Å². The van der Waals surface area contributed by atoms with Gasteiger partial charge in [0.2, 0.25) is 0 Å². The molecule has 0 radical (unpaired) electrons. The number of ether oxygens (including phenoxy) is 1. The molecule has 1 fully saturated rings. The fourth-order valence-electron chi connectivity index (χ4n) is 2.11. The zero-order chi connectivity index (χ0) is 15.4. The van der Waals surface area contributed by atoms with Crippen LogP contribution in [0.5, 0.6) is 5.75 Å². The largest absolute Gasteiger partial charge is 0.484 e. The number of thiazole rings is 1. The van der Waals surface area contributed by atoms with Crippen molar-refractivity contribution in [2.24, 2.45) is 0 Å². The minimum Gasteiger partial charge on any atom is -0.484 e. The Balaban J connectivity index is 1.65. The van der Waals surface area contributed by atoms with E-state index < -0.39 is 0 Å². The van der Waals surface area contributed by atoms with E-state index in [0.29, 0.717) is 5.75 Å². The van der Waals surface area contributed by atoms with Crippen LogP contribution in [0.3, 0.4) is 0 Å². The lowest BCUT2D eigenvalue weighted by Gasteiger charge is -2.17. The second-order valence-electron chi connectivity index (χ2n) is 4.77. The van der Waals surface area contributed by atoms with Crippen molar-refractivity contribution in [2.45, 2.75) is 6.92 Å². The highest BCUT2D eigenvalue weighted by Gasteiger charge is 2.24. The molecule has 0 spiro atoms. The summed E-state index contributed by atoms with van der Waals surface area (Å²) in [6.45, 7) is 2.75. The smallest absolute Gasteiger partial charge is 0.265 e. The SMILES string of the molecule is Cc1nc(/C=C2/SCCN2C(=O)COc2ccccc2)cs1. The Morgan fingerprint density at radius 3 is 2.95 bits per heavy atom. The topological polar surface area (TPSA) is 42.4 Å². The first kappa shape index (κ1) is 15.1. The fourth-order valence-corrected chi connectivity index (χ4v) is 3.72. The van der Waals surface area contributed by atoms with Crippen molar-refractivity contribution < 1.29 is 9.53 Å². The number of benzene rings is 1. The van der Waals surface area contributed by atoms with E-state index in [1.54, 1.807) is 28.0 Å². The van der Waals surface area contributed by atoms with Gasteiger partial charge in [0.1, 0.15) is 5.75 Å². The van der Waals surface area contributed by atoms with Crippen LogP contribution in [0.1, 0.15) is 10.7 Å². The standard InChI is InChI=1S/C16H16N2O2S2/c1-12-17-13(11-22-12)9-16-18(7-8-21-16)15(19)10-20-14-5-3-2-4-6-14/h2-6,9,11H,7-8,10H2,1H3/b16-9+. The van der Waals surface area contributed by atoms with Crippen LogP contribution >= 0.6 is 23.1 Å². The van der Waals surface area contributed by atoms with Crippen molar-refractivity contribution in [1.29, 1.82) is 0 Å². The van der Waals surface area contributed by atoms with Crippen LogP contribution in [0.15, 0.2) is 40.7 Å². The number of aryl methyl sites for hydroxylation is 1. The number of hydrogen-bond donors (Lipinski definition) is 0. The van der Waals surface area contributed by atoms with Gasteiger partial charge in [-0.05, 0) is 25.1 Å². The molecule has 1 saturated heterocycles. The number of hydrogen-bond acceptors (Lipinski definition) is 5. The molecule has 4 nitrogen and oxygen atoms in total. The molecule has 1 aliphatic rings. The van der Waals surface area contributed by atoms with E-state index in [9.17, 15) is 4.79 Å². The predicted octanol–water partition coefficient (Wildman–Crippen LogP) is 3.40. The molecular weight excluding hydrogens is 316 g/mol. The van der Waals surface area contributed by atoms with Crippen LogP contribution in [0.4, 0.5) is 0 Å². The van der Waals surface area contributed by atoms with Crippen molar-refractivity contribution in [3.63, 3.8) is 0 Å². The number of para-hydroxylation sites is 1. The minimum atomic E-state index is -0.0212. The van der Waals surface area contributed by atoms with Crippen molar-refractivity contribution in [3.8, 4) is 5.75 Å². The Labute approximate surface area is 137 Å². The molecule has 1 aromatic carbocycles. The van der Waals surface area contributed by atoms with Crippen LogP contribution in [-0.4, -0.2) is 34.7 Å². The summed E-state index contributed by atoms with van der Waals surface area (Å²) in [7, 11) is 0. The number of rotatable bonds is 4. The summed E-state index contributed by atoms with van der Waals surface area (Å²) in [5.41, 5.74) is 0.911. The maximum atomic E-state index is 12.4. The summed E-state index contributed by atoms with van der Waals surface area (Å²) in [4.78, 5) is 18.6. The molecule has 1 amide bonds. The average molecular weight is 332 g/mol. The Kier molecular flexibility index (Phi) is 4.80. The molecule has 3 rings (SSSR count). The molecule has 2 aromatic rings. The zero-order valence-electron chi connectivity index (χ0n) is 12.2. The first-order valence-electron chi connectivity index (χ1n) is 6.97. The molecule has 1 aliphatic heterocycles. The van der Waals surface area contributed by atoms with Gasteiger partial charge in [-0.2, -0.15) is 0 Å². The summed E-state index contributed by atoms with van der Waals surface area (Å²) < 4.78 is 5.54. The number of carbonyl (C=O) groups excluding carboxylic acids is 1. The molecule has 0 unspecified atom stereocenters. The molecule has 114 valence electrons. The van der Waals surface area contributed by atoms with Crippen LogP contribution in [0, 0.1) is 6.92 Å². The summed E-state index contributed by atoms with van der Waals surface area (Å²) >= 11 is 3.29. The molecule has 1 aromatic heterocycles. The summed E-state index contributed by atoms with van der Waals surface area (Å²) in [5, 5.41) is 3.98. The minimum absolute atomic E-state index is 0.0212. The third-order valence-corrected chi connectivity index (χ3v) is 4.96. The second kappa shape index (κ2) is 6.98. The van der Waals surface area contributed by atoms with Crippen LogP contribution in [0.25, 0.3) is 6.08 Å². The maximum Gasteiger partial charge on any atom is 0.265 e. The zero-order valence-corrected chi connectivity index (χ0v) is 13.8. The molecule has 2 heterocycles. The number of amides is 1. The quantitative estimate of drug-likeness (QED) is 0.860. The lowest BCUT2D eigenvalue weighted by molar-refractivity contribution is -0.130. The molecule has 0 atom stereocenters. The van der Waals surface area contributed by atoms with Gasteiger partial charge in [0, 0.05) is 17.7 Å². The van der Waals surface area contributed by atoms with Crippen LogP contribution < -0.4 is 4.74 Å². The predicted molar refractivity (Wildman–Crippen MR) is 90.9 cm³/mol.